The number of fused-ring (bicyclic) bond motifs is 1. The van der Waals surface area contributed by atoms with E-state index in [9.17, 15) is 33.3 Å². The van der Waals surface area contributed by atoms with Gasteiger partial charge in [0.05, 0.1) is 36.4 Å². The fourth-order valence-electron chi connectivity index (χ4n) is 5.25. The minimum absolute atomic E-state index is 0.168. The van der Waals surface area contributed by atoms with E-state index in [1.807, 2.05) is 4.90 Å². The van der Waals surface area contributed by atoms with Crippen LogP contribution in [0.5, 0.6) is 5.75 Å². The van der Waals surface area contributed by atoms with Gasteiger partial charge in [-0.25, -0.2) is 13.2 Å². The molecule has 0 radical (unpaired) electrons. The molecule has 4 N–H and O–H groups in total. The van der Waals surface area contributed by atoms with Crippen LogP contribution in [0.2, 0.25) is 0 Å². The van der Waals surface area contributed by atoms with E-state index in [1.54, 1.807) is 18.2 Å². The van der Waals surface area contributed by atoms with Crippen LogP contribution in [-0.2, 0) is 11.4 Å². The Hall–Kier alpha value is -3.41. The highest BCUT2D eigenvalue weighted by Gasteiger charge is 2.41. The first-order valence-electron chi connectivity index (χ1n) is 12.8. The number of hydrogen-bond donors (Lipinski definition) is 4. The van der Waals surface area contributed by atoms with Gasteiger partial charge < -0.3 is 30.3 Å². The topological polar surface area (TPSA) is 115 Å². The lowest BCUT2D eigenvalue weighted by atomic mass is 9.74. The number of nitrogens with zero attached hydrogens (tertiary/aromatic N) is 2. The molecule has 3 aromatic rings. The summed E-state index contributed by atoms with van der Waals surface area (Å²) in [4.78, 5) is 18.7. The second-order valence-electron chi connectivity index (χ2n) is 9.90. The molecule has 1 unspecified atom stereocenters. The molecule has 0 amide bonds. The van der Waals surface area contributed by atoms with Crippen LogP contribution in [-0.4, -0.2) is 64.5 Å². The first-order valence-corrected chi connectivity index (χ1v) is 12.8. The molecule has 0 saturated carbocycles. The Morgan fingerprint density at radius 3 is 2.62 bits per heavy atom. The van der Waals surface area contributed by atoms with E-state index >= 15 is 0 Å². The molecule has 1 aliphatic heterocycles. The van der Waals surface area contributed by atoms with Crippen molar-refractivity contribution < 1.29 is 38.0 Å². The standard InChI is InChI=1S/C28H32F3N3O5/c1-39-19-2-3-22-20(14-19)25(17(16-35)15-33-22)24(36)4-5-28(27(37)38)6-9-34(10-7-28)11-8-32-23-13-18(29)12-21(30)26(23)31/h2-3,12-15,24,32,35-36H,4-11,16H2,1H3,(H,37,38). The molecule has 2 heterocycles. The smallest absolute Gasteiger partial charge is 0.309 e. The Kier molecular flexibility index (Phi) is 8.94. The average molecular weight is 548 g/mol. The highest BCUT2D eigenvalue weighted by Crippen LogP contribution is 2.40. The number of halogens is 3. The van der Waals surface area contributed by atoms with Gasteiger partial charge in [0.1, 0.15) is 11.6 Å². The Morgan fingerprint density at radius 1 is 1.21 bits per heavy atom. The minimum atomic E-state index is -1.27. The second kappa shape index (κ2) is 12.2. The first-order chi connectivity index (χ1) is 18.7. The molecule has 1 fully saturated rings. The number of methoxy groups -OCH3 is 1. The van der Waals surface area contributed by atoms with Crippen molar-refractivity contribution >= 4 is 22.6 Å². The summed E-state index contributed by atoms with van der Waals surface area (Å²) in [5.41, 5.74) is 0.290. The molecule has 4 rings (SSSR count). The monoisotopic (exact) mass is 547 g/mol. The van der Waals surface area contributed by atoms with Crippen molar-refractivity contribution in [1.29, 1.82) is 0 Å². The number of pyridine rings is 1. The summed E-state index contributed by atoms with van der Waals surface area (Å²) >= 11 is 0. The van der Waals surface area contributed by atoms with Gasteiger partial charge in [0.25, 0.3) is 0 Å². The third-order valence-electron chi connectivity index (χ3n) is 7.60. The van der Waals surface area contributed by atoms with Crippen LogP contribution in [0.25, 0.3) is 10.9 Å². The highest BCUT2D eigenvalue weighted by molar-refractivity contribution is 5.85. The van der Waals surface area contributed by atoms with Gasteiger partial charge in [-0.2, -0.15) is 0 Å². The minimum Gasteiger partial charge on any atom is -0.497 e. The van der Waals surface area contributed by atoms with E-state index in [2.05, 4.69) is 10.3 Å². The third kappa shape index (κ3) is 6.26. The number of ether oxygens (including phenoxy) is 1. The first kappa shape index (κ1) is 28.6. The molecule has 11 heteroatoms. The number of aliphatic hydroxyl groups is 2. The number of aliphatic carboxylic acids is 1. The van der Waals surface area contributed by atoms with Crippen LogP contribution < -0.4 is 10.1 Å². The summed E-state index contributed by atoms with van der Waals surface area (Å²) in [6.45, 7) is 1.25. The summed E-state index contributed by atoms with van der Waals surface area (Å²) in [7, 11) is 1.53. The van der Waals surface area contributed by atoms with Crippen molar-refractivity contribution in [1.82, 2.24) is 9.88 Å². The fourth-order valence-corrected chi connectivity index (χ4v) is 5.25. The summed E-state index contributed by atoms with van der Waals surface area (Å²) < 4.78 is 46.0. The maximum absolute atomic E-state index is 13.9. The Bertz CT molecular complexity index is 1330. The van der Waals surface area contributed by atoms with E-state index in [-0.39, 0.29) is 31.7 Å². The van der Waals surface area contributed by atoms with Crippen molar-refractivity contribution in [2.45, 2.75) is 38.4 Å². The zero-order valence-electron chi connectivity index (χ0n) is 21.6. The lowest BCUT2D eigenvalue weighted by Gasteiger charge is -2.39. The molecule has 1 atom stereocenters. The Morgan fingerprint density at radius 2 is 1.95 bits per heavy atom. The molecule has 1 saturated heterocycles. The van der Waals surface area contributed by atoms with Gasteiger partial charge in [0.2, 0.25) is 0 Å². The van der Waals surface area contributed by atoms with Gasteiger partial charge >= 0.3 is 5.97 Å². The van der Waals surface area contributed by atoms with E-state index in [0.29, 0.717) is 66.3 Å². The van der Waals surface area contributed by atoms with Crippen LogP contribution in [0, 0.1) is 22.9 Å². The van der Waals surface area contributed by atoms with Gasteiger partial charge in [0.15, 0.2) is 11.6 Å². The number of rotatable bonds is 11. The predicted molar refractivity (Wildman–Crippen MR) is 139 cm³/mol. The summed E-state index contributed by atoms with van der Waals surface area (Å²) in [6.07, 6.45) is 1.57. The molecule has 8 nitrogen and oxygen atoms in total. The van der Waals surface area contributed by atoms with E-state index in [1.165, 1.54) is 13.3 Å². The van der Waals surface area contributed by atoms with Gasteiger partial charge in [-0.3, -0.25) is 9.78 Å². The van der Waals surface area contributed by atoms with Gasteiger partial charge in [-0.05, 0) is 62.5 Å². The third-order valence-corrected chi connectivity index (χ3v) is 7.60. The molecule has 210 valence electrons. The molecule has 39 heavy (non-hydrogen) atoms. The second-order valence-corrected chi connectivity index (χ2v) is 9.90. The number of carbonyl (C=O) groups is 1. The van der Waals surface area contributed by atoms with Crippen molar-refractivity contribution in [2.24, 2.45) is 5.41 Å². The number of hydrogen-bond acceptors (Lipinski definition) is 7. The molecule has 0 bridgehead atoms. The number of carboxylic acid groups (broad SMARTS) is 1. The molecular weight excluding hydrogens is 515 g/mol. The number of anilines is 1. The van der Waals surface area contributed by atoms with Crippen LogP contribution in [0.4, 0.5) is 18.9 Å². The molecule has 1 aromatic heterocycles. The van der Waals surface area contributed by atoms with Crippen molar-refractivity contribution in [3.05, 3.63) is 65.1 Å². The predicted octanol–water partition coefficient (Wildman–Crippen LogP) is 4.25. The maximum Gasteiger partial charge on any atom is 0.309 e. The quantitative estimate of drug-likeness (QED) is 0.264. The Balaban J connectivity index is 1.39. The summed E-state index contributed by atoms with van der Waals surface area (Å²) in [5.74, 6) is -3.67. The van der Waals surface area contributed by atoms with Crippen molar-refractivity contribution in [2.75, 3.05) is 38.6 Å². The zero-order valence-corrected chi connectivity index (χ0v) is 21.6. The largest absolute Gasteiger partial charge is 0.497 e. The number of aromatic nitrogens is 1. The number of carboxylic acids is 1. The molecule has 1 aliphatic rings. The van der Waals surface area contributed by atoms with E-state index in [0.717, 1.165) is 6.07 Å². The van der Waals surface area contributed by atoms with Crippen LogP contribution in [0.1, 0.15) is 42.9 Å². The van der Waals surface area contributed by atoms with Crippen LogP contribution >= 0.6 is 0 Å². The van der Waals surface area contributed by atoms with Gasteiger partial charge in [-0.1, -0.05) is 0 Å². The zero-order chi connectivity index (χ0) is 28.2. The fraction of sp³-hybridized carbons (Fsp3) is 0.429. The number of benzene rings is 2. The lowest BCUT2D eigenvalue weighted by molar-refractivity contribution is -0.153. The van der Waals surface area contributed by atoms with Crippen LogP contribution in [0.3, 0.4) is 0 Å². The van der Waals surface area contributed by atoms with Gasteiger partial charge in [0, 0.05) is 42.4 Å². The van der Waals surface area contributed by atoms with Gasteiger partial charge in [-0.15, -0.1) is 0 Å². The number of likely N-dealkylation sites (tertiary alicyclic amines) is 1. The molecule has 0 aliphatic carbocycles. The maximum atomic E-state index is 13.9. The number of piperidine rings is 1. The van der Waals surface area contributed by atoms with Crippen molar-refractivity contribution in [3.8, 4) is 5.75 Å². The van der Waals surface area contributed by atoms with E-state index in [4.69, 9.17) is 4.74 Å². The van der Waals surface area contributed by atoms with Crippen molar-refractivity contribution in [3.63, 3.8) is 0 Å². The summed E-state index contributed by atoms with van der Waals surface area (Å²) in [5, 5.41) is 34.5. The SMILES string of the molecule is COc1ccc2ncc(CO)c(C(O)CCC3(C(=O)O)CCN(CCNc4cc(F)cc(F)c4F)CC3)c2c1. The Labute approximate surface area is 224 Å². The number of aliphatic hydroxyl groups excluding tert-OH is 2. The summed E-state index contributed by atoms with van der Waals surface area (Å²) in [6, 6.07) is 6.61. The molecule has 0 spiro atoms. The molecular formula is C28H32F3N3O5. The van der Waals surface area contributed by atoms with Crippen LogP contribution in [0.15, 0.2) is 36.5 Å². The lowest BCUT2D eigenvalue weighted by Crippen LogP contribution is -2.45. The highest BCUT2D eigenvalue weighted by atomic mass is 19.2. The number of nitrogens with one attached hydrogen (secondary N) is 1. The molecule has 2 aromatic carbocycles. The normalized spacial score (nSPS) is 16.3. The van der Waals surface area contributed by atoms with E-state index < -0.39 is 34.9 Å². The average Bonchev–Trinajstić information content (AvgIpc) is 2.93.